The van der Waals surface area contributed by atoms with Crippen LogP contribution in [-0.2, 0) is 11.3 Å². The molecule has 0 saturated carbocycles. The number of carbonyl (C=O) groups is 1. The summed E-state index contributed by atoms with van der Waals surface area (Å²) in [6.07, 6.45) is 3.39. The summed E-state index contributed by atoms with van der Waals surface area (Å²) < 4.78 is 6.63. The number of fused-ring (bicyclic) bond motifs is 1. The predicted octanol–water partition coefficient (Wildman–Crippen LogP) is 4.46. The Morgan fingerprint density at radius 1 is 1.20 bits per heavy atom. The summed E-state index contributed by atoms with van der Waals surface area (Å²) in [4.78, 5) is 30.4. The topological polar surface area (TPSA) is 86.1 Å². The molecule has 0 bridgehead atoms. The quantitative estimate of drug-likeness (QED) is 0.464. The fraction of sp³-hybridized carbons (Fsp3) is 0.182. The second-order valence-corrected chi connectivity index (χ2v) is 7.27. The number of nitrogens with one attached hydrogen (secondary N) is 1. The van der Waals surface area contributed by atoms with E-state index in [1.54, 1.807) is 19.3 Å². The molecule has 0 aliphatic carbocycles. The SMILES string of the molecule is CCOC(=O)c1c(-c2ccsc2)nn(CC)c(=O)c1Nc1cncc2ccccc12. The highest BCUT2D eigenvalue weighted by molar-refractivity contribution is 7.08. The fourth-order valence-electron chi connectivity index (χ4n) is 3.25. The Hall–Kier alpha value is -3.52. The van der Waals surface area contributed by atoms with Gasteiger partial charge in [0.05, 0.1) is 18.5 Å². The maximum Gasteiger partial charge on any atom is 0.342 e. The van der Waals surface area contributed by atoms with Crippen molar-refractivity contribution in [3.05, 3.63) is 69.4 Å². The lowest BCUT2D eigenvalue weighted by Gasteiger charge is -2.17. The first-order valence-electron chi connectivity index (χ1n) is 9.58. The summed E-state index contributed by atoms with van der Waals surface area (Å²) in [5, 5.41) is 13.2. The molecule has 3 aromatic heterocycles. The van der Waals surface area contributed by atoms with Crippen molar-refractivity contribution in [2.45, 2.75) is 20.4 Å². The number of hydrogen-bond donors (Lipinski definition) is 1. The van der Waals surface area contributed by atoms with E-state index in [0.29, 0.717) is 17.9 Å². The predicted molar refractivity (Wildman–Crippen MR) is 118 cm³/mol. The van der Waals surface area contributed by atoms with Gasteiger partial charge in [-0.1, -0.05) is 24.3 Å². The number of aromatic nitrogens is 3. The Kier molecular flexibility index (Phi) is 5.58. The fourth-order valence-corrected chi connectivity index (χ4v) is 3.90. The largest absolute Gasteiger partial charge is 0.462 e. The van der Waals surface area contributed by atoms with Crippen molar-refractivity contribution in [1.29, 1.82) is 0 Å². The van der Waals surface area contributed by atoms with Crippen molar-refractivity contribution in [2.75, 3.05) is 11.9 Å². The van der Waals surface area contributed by atoms with Gasteiger partial charge in [-0.15, -0.1) is 0 Å². The van der Waals surface area contributed by atoms with E-state index < -0.39 is 11.5 Å². The average Bonchev–Trinajstić information content (AvgIpc) is 3.30. The molecule has 0 fully saturated rings. The molecule has 0 aliphatic heterocycles. The van der Waals surface area contributed by atoms with E-state index in [9.17, 15) is 9.59 Å². The summed E-state index contributed by atoms with van der Waals surface area (Å²) in [6, 6.07) is 9.57. The number of nitrogens with zero attached hydrogens (tertiary/aromatic N) is 3. The molecule has 3 heterocycles. The van der Waals surface area contributed by atoms with Crippen LogP contribution in [0.1, 0.15) is 24.2 Å². The second-order valence-electron chi connectivity index (χ2n) is 6.49. The smallest absolute Gasteiger partial charge is 0.342 e. The molecule has 30 heavy (non-hydrogen) atoms. The van der Waals surface area contributed by atoms with E-state index in [4.69, 9.17) is 4.74 Å². The maximum absolute atomic E-state index is 13.2. The zero-order chi connectivity index (χ0) is 21.1. The number of pyridine rings is 1. The lowest BCUT2D eigenvalue weighted by molar-refractivity contribution is 0.0527. The Labute approximate surface area is 177 Å². The Balaban J connectivity index is 1.98. The summed E-state index contributed by atoms with van der Waals surface area (Å²) in [5.74, 6) is -0.595. The first-order chi connectivity index (χ1) is 14.6. The van der Waals surface area contributed by atoms with Gasteiger partial charge in [0.15, 0.2) is 0 Å². The highest BCUT2D eigenvalue weighted by atomic mass is 32.1. The molecule has 1 aromatic carbocycles. The van der Waals surface area contributed by atoms with Crippen LogP contribution in [0.2, 0.25) is 0 Å². The lowest BCUT2D eigenvalue weighted by Crippen LogP contribution is -2.29. The van der Waals surface area contributed by atoms with Gasteiger partial charge in [-0.05, 0) is 25.3 Å². The Morgan fingerprint density at radius 2 is 2.03 bits per heavy atom. The van der Waals surface area contributed by atoms with Crippen LogP contribution in [0.15, 0.2) is 58.3 Å². The summed E-state index contributed by atoms with van der Waals surface area (Å²) >= 11 is 1.49. The second kappa shape index (κ2) is 8.46. The molecule has 4 rings (SSSR count). The Morgan fingerprint density at radius 3 is 2.77 bits per heavy atom. The molecule has 0 spiro atoms. The first kappa shape index (κ1) is 19.8. The van der Waals surface area contributed by atoms with E-state index >= 15 is 0 Å². The molecule has 152 valence electrons. The molecule has 1 N–H and O–H groups in total. The van der Waals surface area contributed by atoms with Crippen LogP contribution in [0.25, 0.3) is 22.0 Å². The molecule has 0 saturated heterocycles. The molecule has 4 aromatic rings. The van der Waals surface area contributed by atoms with Crippen molar-refractivity contribution >= 4 is 39.5 Å². The maximum atomic E-state index is 13.2. The zero-order valence-electron chi connectivity index (χ0n) is 16.6. The van der Waals surface area contributed by atoms with E-state index in [1.807, 2.05) is 48.0 Å². The zero-order valence-corrected chi connectivity index (χ0v) is 17.4. The van der Waals surface area contributed by atoms with Crippen molar-refractivity contribution in [2.24, 2.45) is 0 Å². The van der Waals surface area contributed by atoms with Gasteiger partial charge in [0.1, 0.15) is 16.9 Å². The number of thiophene rings is 1. The van der Waals surface area contributed by atoms with Gasteiger partial charge in [-0.25, -0.2) is 9.48 Å². The molecule has 0 radical (unpaired) electrons. The van der Waals surface area contributed by atoms with Crippen LogP contribution in [-0.4, -0.2) is 27.3 Å². The van der Waals surface area contributed by atoms with Crippen molar-refractivity contribution in [3.8, 4) is 11.3 Å². The van der Waals surface area contributed by atoms with Crippen LogP contribution in [0.5, 0.6) is 0 Å². The lowest BCUT2D eigenvalue weighted by atomic mass is 10.1. The van der Waals surface area contributed by atoms with Gasteiger partial charge < -0.3 is 10.1 Å². The highest BCUT2D eigenvalue weighted by Crippen LogP contribution is 2.31. The number of aryl methyl sites for hydroxylation is 1. The third kappa shape index (κ3) is 3.57. The normalized spacial score (nSPS) is 10.9. The van der Waals surface area contributed by atoms with Crippen LogP contribution >= 0.6 is 11.3 Å². The average molecular weight is 420 g/mol. The summed E-state index contributed by atoms with van der Waals surface area (Å²) in [7, 11) is 0. The molecular weight excluding hydrogens is 400 g/mol. The van der Waals surface area contributed by atoms with Gasteiger partial charge in [0, 0.05) is 34.5 Å². The monoisotopic (exact) mass is 420 g/mol. The molecule has 7 nitrogen and oxygen atoms in total. The van der Waals surface area contributed by atoms with Gasteiger partial charge in [-0.3, -0.25) is 9.78 Å². The number of anilines is 2. The Bertz CT molecular complexity index is 1260. The van der Waals surface area contributed by atoms with Gasteiger partial charge in [0.25, 0.3) is 5.56 Å². The molecule has 0 amide bonds. The van der Waals surface area contributed by atoms with Crippen LogP contribution in [0.3, 0.4) is 0 Å². The summed E-state index contributed by atoms with van der Waals surface area (Å²) in [5.41, 5.74) is 1.65. The van der Waals surface area contributed by atoms with Crippen LogP contribution in [0, 0.1) is 0 Å². The van der Waals surface area contributed by atoms with Crippen LogP contribution < -0.4 is 10.9 Å². The van der Waals surface area contributed by atoms with E-state index in [-0.39, 0.29) is 17.9 Å². The van der Waals surface area contributed by atoms with Crippen LogP contribution in [0.4, 0.5) is 11.4 Å². The van der Waals surface area contributed by atoms with E-state index in [1.165, 1.54) is 16.0 Å². The minimum Gasteiger partial charge on any atom is -0.462 e. The standard InChI is InChI=1S/C22H20N4O3S/c1-3-26-21(27)20(24-17-12-23-11-14-7-5-6-8-16(14)17)18(22(28)29-4-2)19(25-26)15-9-10-30-13-15/h5-13,24H,3-4H2,1-2H3. The van der Waals surface area contributed by atoms with Gasteiger partial charge in [-0.2, -0.15) is 16.4 Å². The molecule has 0 atom stereocenters. The molecule has 0 aliphatic rings. The van der Waals surface area contributed by atoms with E-state index in [2.05, 4.69) is 15.4 Å². The van der Waals surface area contributed by atoms with E-state index in [0.717, 1.165) is 16.3 Å². The first-order valence-corrected chi connectivity index (χ1v) is 10.5. The third-order valence-electron chi connectivity index (χ3n) is 4.66. The van der Waals surface area contributed by atoms with Crippen molar-refractivity contribution in [3.63, 3.8) is 0 Å². The highest BCUT2D eigenvalue weighted by Gasteiger charge is 2.26. The molecule has 0 unspecified atom stereocenters. The number of ether oxygens (including phenoxy) is 1. The van der Waals surface area contributed by atoms with Gasteiger partial charge in [0.2, 0.25) is 0 Å². The molecular formula is C22H20N4O3S. The van der Waals surface area contributed by atoms with Gasteiger partial charge >= 0.3 is 5.97 Å². The molecule has 8 heteroatoms. The number of benzene rings is 1. The van der Waals surface area contributed by atoms with Crippen molar-refractivity contribution < 1.29 is 9.53 Å². The minimum absolute atomic E-state index is 0.123. The number of carbonyl (C=O) groups excluding carboxylic acids is 1. The number of rotatable bonds is 6. The van der Waals surface area contributed by atoms with Crippen molar-refractivity contribution in [1.82, 2.24) is 14.8 Å². The minimum atomic E-state index is -0.595. The number of hydrogen-bond acceptors (Lipinski definition) is 7. The summed E-state index contributed by atoms with van der Waals surface area (Å²) in [6.45, 7) is 4.11. The number of esters is 1. The third-order valence-corrected chi connectivity index (χ3v) is 5.34.